The van der Waals surface area contributed by atoms with Crippen molar-refractivity contribution < 1.29 is 5.11 Å². The van der Waals surface area contributed by atoms with Gasteiger partial charge in [0, 0.05) is 12.0 Å². The molecule has 4 atom stereocenters. The fourth-order valence-electron chi connectivity index (χ4n) is 3.09. The Balaban J connectivity index is 1.91. The van der Waals surface area contributed by atoms with Crippen LogP contribution >= 0.6 is 0 Å². The van der Waals surface area contributed by atoms with Gasteiger partial charge >= 0.3 is 0 Å². The largest absolute Gasteiger partial charge is 0.393 e. The third-order valence-corrected chi connectivity index (χ3v) is 4.00. The van der Waals surface area contributed by atoms with Crippen molar-refractivity contribution in [2.45, 2.75) is 57.6 Å². The standard InChI is InChI=1S/C12H23NO/c1-9-6-7-13-11(8-9)10-4-2-3-5-12(10)14/h9-14H,2-8H2,1H3. The van der Waals surface area contributed by atoms with Crippen molar-refractivity contribution in [1.82, 2.24) is 5.32 Å². The van der Waals surface area contributed by atoms with Gasteiger partial charge in [0.2, 0.25) is 0 Å². The van der Waals surface area contributed by atoms with Crippen LogP contribution in [0.1, 0.15) is 45.4 Å². The molecule has 0 amide bonds. The predicted octanol–water partition coefficient (Wildman–Crippen LogP) is 1.93. The van der Waals surface area contributed by atoms with Gasteiger partial charge in [-0.3, -0.25) is 0 Å². The molecule has 0 bridgehead atoms. The van der Waals surface area contributed by atoms with E-state index < -0.39 is 0 Å². The second-order valence-electron chi connectivity index (χ2n) is 5.21. The zero-order valence-corrected chi connectivity index (χ0v) is 9.21. The molecule has 0 radical (unpaired) electrons. The average molecular weight is 197 g/mol. The quantitative estimate of drug-likeness (QED) is 0.673. The minimum Gasteiger partial charge on any atom is -0.393 e. The maximum absolute atomic E-state index is 9.97. The average Bonchev–Trinajstić information content (AvgIpc) is 2.18. The van der Waals surface area contributed by atoms with Crippen molar-refractivity contribution in [2.75, 3.05) is 6.54 Å². The number of nitrogens with one attached hydrogen (secondary N) is 1. The van der Waals surface area contributed by atoms with E-state index in [1.54, 1.807) is 0 Å². The molecule has 4 unspecified atom stereocenters. The topological polar surface area (TPSA) is 32.3 Å². The summed E-state index contributed by atoms with van der Waals surface area (Å²) >= 11 is 0. The molecule has 1 saturated carbocycles. The molecule has 0 aromatic heterocycles. The number of piperidine rings is 1. The van der Waals surface area contributed by atoms with E-state index in [1.807, 2.05) is 0 Å². The maximum atomic E-state index is 9.97. The fraction of sp³-hybridized carbons (Fsp3) is 1.00. The van der Waals surface area contributed by atoms with E-state index in [-0.39, 0.29) is 6.10 Å². The van der Waals surface area contributed by atoms with Gasteiger partial charge in [0.15, 0.2) is 0 Å². The van der Waals surface area contributed by atoms with Gasteiger partial charge in [-0.1, -0.05) is 19.8 Å². The molecule has 1 aliphatic heterocycles. The van der Waals surface area contributed by atoms with Crippen LogP contribution in [0.5, 0.6) is 0 Å². The lowest BCUT2D eigenvalue weighted by molar-refractivity contribution is 0.0373. The lowest BCUT2D eigenvalue weighted by Crippen LogP contribution is -2.47. The van der Waals surface area contributed by atoms with E-state index in [4.69, 9.17) is 0 Å². The highest BCUT2D eigenvalue weighted by Gasteiger charge is 2.32. The molecule has 2 N–H and O–H groups in total. The summed E-state index contributed by atoms with van der Waals surface area (Å²) in [5.41, 5.74) is 0. The van der Waals surface area contributed by atoms with Crippen molar-refractivity contribution >= 4 is 0 Å². The number of hydrogen-bond acceptors (Lipinski definition) is 2. The first-order valence-electron chi connectivity index (χ1n) is 6.19. The van der Waals surface area contributed by atoms with E-state index in [0.717, 1.165) is 18.9 Å². The Hall–Kier alpha value is -0.0800. The normalized spacial score (nSPS) is 45.0. The summed E-state index contributed by atoms with van der Waals surface area (Å²) in [6.45, 7) is 3.48. The lowest BCUT2D eigenvalue weighted by atomic mass is 9.77. The Morgan fingerprint density at radius 1 is 1.14 bits per heavy atom. The maximum Gasteiger partial charge on any atom is 0.0583 e. The second kappa shape index (κ2) is 4.63. The van der Waals surface area contributed by atoms with Crippen LogP contribution in [0.25, 0.3) is 0 Å². The summed E-state index contributed by atoms with van der Waals surface area (Å²) < 4.78 is 0. The molecule has 1 aliphatic carbocycles. The zero-order valence-electron chi connectivity index (χ0n) is 9.21. The van der Waals surface area contributed by atoms with Crippen LogP contribution in [0.2, 0.25) is 0 Å². The molecule has 82 valence electrons. The zero-order chi connectivity index (χ0) is 9.97. The number of rotatable bonds is 1. The van der Waals surface area contributed by atoms with Gasteiger partial charge in [-0.15, -0.1) is 0 Å². The third kappa shape index (κ3) is 2.29. The van der Waals surface area contributed by atoms with Crippen LogP contribution in [0.15, 0.2) is 0 Å². The van der Waals surface area contributed by atoms with Gasteiger partial charge in [-0.05, 0) is 38.1 Å². The van der Waals surface area contributed by atoms with E-state index in [2.05, 4.69) is 12.2 Å². The molecule has 14 heavy (non-hydrogen) atoms. The summed E-state index contributed by atoms with van der Waals surface area (Å²) in [4.78, 5) is 0. The highest BCUT2D eigenvalue weighted by atomic mass is 16.3. The molecular weight excluding hydrogens is 174 g/mol. The Labute approximate surface area is 87.1 Å². The molecule has 2 aliphatic rings. The monoisotopic (exact) mass is 197 g/mol. The molecule has 2 nitrogen and oxygen atoms in total. The number of aliphatic hydroxyl groups is 1. The Kier molecular flexibility index (Phi) is 3.45. The van der Waals surface area contributed by atoms with E-state index in [0.29, 0.717) is 12.0 Å². The Morgan fingerprint density at radius 2 is 1.93 bits per heavy atom. The molecule has 0 aromatic rings. The first kappa shape index (κ1) is 10.4. The first-order chi connectivity index (χ1) is 6.77. The minimum absolute atomic E-state index is 0.0356. The van der Waals surface area contributed by atoms with E-state index in [9.17, 15) is 5.11 Å². The van der Waals surface area contributed by atoms with Crippen molar-refractivity contribution in [2.24, 2.45) is 11.8 Å². The summed E-state index contributed by atoms with van der Waals surface area (Å²) in [5.74, 6) is 1.38. The molecule has 2 heteroatoms. The van der Waals surface area contributed by atoms with Gasteiger partial charge in [-0.2, -0.15) is 0 Å². The highest BCUT2D eigenvalue weighted by molar-refractivity contribution is 4.88. The molecule has 1 heterocycles. The van der Waals surface area contributed by atoms with Crippen LogP contribution in [-0.4, -0.2) is 23.8 Å². The highest BCUT2D eigenvalue weighted by Crippen LogP contribution is 2.31. The SMILES string of the molecule is CC1CCNC(C2CCCCC2O)C1. The van der Waals surface area contributed by atoms with Gasteiger partial charge < -0.3 is 10.4 Å². The van der Waals surface area contributed by atoms with Gasteiger partial charge in [-0.25, -0.2) is 0 Å². The molecule has 2 fully saturated rings. The molecular formula is C12H23NO. The third-order valence-electron chi connectivity index (χ3n) is 4.00. The smallest absolute Gasteiger partial charge is 0.0583 e. The Bertz CT molecular complexity index is 183. The van der Waals surface area contributed by atoms with Crippen LogP contribution in [0.3, 0.4) is 0 Å². The lowest BCUT2D eigenvalue weighted by Gasteiger charge is -2.39. The number of hydrogen-bond donors (Lipinski definition) is 2. The van der Waals surface area contributed by atoms with Crippen LogP contribution in [0, 0.1) is 11.8 Å². The fourth-order valence-corrected chi connectivity index (χ4v) is 3.09. The minimum atomic E-state index is -0.0356. The van der Waals surface area contributed by atoms with Gasteiger partial charge in [0.1, 0.15) is 0 Å². The van der Waals surface area contributed by atoms with Crippen LogP contribution in [0.4, 0.5) is 0 Å². The van der Waals surface area contributed by atoms with Crippen molar-refractivity contribution in [1.29, 1.82) is 0 Å². The van der Waals surface area contributed by atoms with Crippen molar-refractivity contribution in [3.63, 3.8) is 0 Å². The second-order valence-corrected chi connectivity index (χ2v) is 5.21. The van der Waals surface area contributed by atoms with Crippen molar-refractivity contribution in [3.8, 4) is 0 Å². The number of aliphatic hydroxyl groups excluding tert-OH is 1. The molecule has 2 rings (SSSR count). The van der Waals surface area contributed by atoms with Gasteiger partial charge in [0.25, 0.3) is 0 Å². The molecule has 0 spiro atoms. The van der Waals surface area contributed by atoms with Crippen LogP contribution in [-0.2, 0) is 0 Å². The van der Waals surface area contributed by atoms with E-state index >= 15 is 0 Å². The predicted molar refractivity (Wildman–Crippen MR) is 58.2 cm³/mol. The van der Waals surface area contributed by atoms with Gasteiger partial charge in [0.05, 0.1) is 6.10 Å². The summed E-state index contributed by atoms with van der Waals surface area (Å²) in [6.07, 6.45) is 7.32. The summed E-state index contributed by atoms with van der Waals surface area (Å²) in [6, 6.07) is 0.592. The summed E-state index contributed by atoms with van der Waals surface area (Å²) in [7, 11) is 0. The molecule has 0 aromatic carbocycles. The van der Waals surface area contributed by atoms with Crippen molar-refractivity contribution in [3.05, 3.63) is 0 Å². The Morgan fingerprint density at radius 3 is 2.64 bits per heavy atom. The van der Waals surface area contributed by atoms with E-state index in [1.165, 1.54) is 32.1 Å². The first-order valence-corrected chi connectivity index (χ1v) is 6.19. The molecule has 1 saturated heterocycles. The summed E-state index contributed by atoms with van der Waals surface area (Å²) in [5, 5.41) is 13.6. The van der Waals surface area contributed by atoms with Crippen LogP contribution < -0.4 is 5.32 Å².